The molecule has 120 valence electrons. The summed E-state index contributed by atoms with van der Waals surface area (Å²) in [5, 5.41) is 23.1. The van der Waals surface area contributed by atoms with Crippen LogP contribution in [0.25, 0.3) is 10.8 Å². The van der Waals surface area contributed by atoms with Crippen LogP contribution in [-0.4, -0.2) is 34.9 Å². The molecule has 0 bridgehead atoms. The second-order valence-electron chi connectivity index (χ2n) is 5.05. The molecule has 0 radical (unpaired) electrons. The fourth-order valence-corrected chi connectivity index (χ4v) is 2.25. The molecular weight excluding hydrogens is 298 g/mol. The Morgan fingerprint density at radius 1 is 1.09 bits per heavy atom. The Kier molecular flexibility index (Phi) is 5.30. The van der Waals surface area contributed by atoms with Gasteiger partial charge in [-0.2, -0.15) is 0 Å². The van der Waals surface area contributed by atoms with Gasteiger partial charge in [-0.25, -0.2) is 0 Å². The smallest absolute Gasteiger partial charge is 0.305 e. The number of carbonyl (C=O) groups is 2. The third-order valence-corrected chi connectivity index (χ3v) is 3.49. The number of fused-ring (bicyclic) bond motifs is 1. The second-order valence-corrected chi connectivity index (χ2v) is 5.05. The highest BCUT2D eigenvalue weighted by molar-refractivity contribution is 6.46. The van der Waals surface area contributed by atoms with E-state index in [0.717, 1.165) is 10.8 Å². The van der Waals surface area contributed by atoms with E-state index in [4.69, 9.17) is 5.21 Å². The Bertz CT molecular complexity index is 767. The average Bonchev–Trinajstić information content (AvgIpc) is 2.57. The summed E-state index contributed by atoms with van der Waals surface area (Å²) in [4.78, 5) is 23.4. The fourth-order valence-electron chi connectivity index (χ4n) is 2.25. The van der Waals surface area contributed by atoms with Gasteiger partial charge in [0.25, 0.3) is 0 Å². The van der Waals surface area contributed by atoms with Crippen molar-refractivity contribution in [2.75, 3.05) is 7.11 Å². The Labute approximate surface area is 133 Å². The molecule has 2 N–H and O–H groups in total. The predicted molar refractivity (Wildman–Crippen MR) is 85.0 cm³/mol. The van der Waals surface area contributed by atoms with Crippen LogP contribution in [0, 0.1) is 0 Å². The van der Waals surface area contributed by atoms with Crippen LogP contribution in [0.4, 0.5) is 0 Å². The zero-order valence-electron chi connectivity index (χ0n) is 12.7. The summed E-state index contributed by atoms with van der Waals surface area (Å²) < 4.78 is 4.52. The van der Waals surface area contributed by atoms with Gasteiger partial charge in [0.05, 0.1) is 7.11 Å². The third kappa shape index (κ3) is 4.06. The minimum absolute atomic E-state index is 0.00738. The maximum atomic E-state index is 12.4. The molecule has 0 aliphatic heterocycles. The quantitative estimate of drug-likeness (QED) is 0.281. The summed E-state index contributed by atoms with van der Waals surface area (Å²) in [5.41, 5.74) is 0.376. The fraction of sp³-hybridized carbons (Fsp3) is 0.235. The number of Topliss-reactive ketones (excluding diaryl/α,β-unsaturated/α-hetero) is 1. The molecule has 2 aromatic rings. The highest BCUT2D eigenvalue weighted by Gasteiger charge is 2.16. The van der Waals surface area contributed by atoms with Gasteiger partial charge >= 0.3 is 5.97 Å². The minimum atomic E-state index is -0.396. The van der Waals surface area contributed by atoms with E-state index in [1.165, 1.54) is 13.2 Å². The van der Waals surface area contributed by atoms with Crippen molar-refractivity contribution >= 4 is 28.2 Å². The lowest BCUT2D eigenvalue weighted by Crippen LogP contribution is -2.15. The molecule has 0 amide bonds. The largest absolute Gasteiger partial charge is 0.508 e. The first-order chi connectivity index (χ1) is 11.0. The lowest BCUT2D eigenvalue weighted by Gasteiger charge is -2.06. The number of esters is 1. The number of methoxy groups -OCH3 is 1. The van der Waals surface area contributed by atoms with E-state index in [0.29, 0.717) is 12.0 Å². The van der Waals surface area contributed by atoms with Crippen molar-refractivity contribution in [1.82, 2.24) is 0 Å². The second kappa shape index (κ2) is 7.40. The number of carbonyl (C=O) groups excluding carboxylic acids is 2. The van der Waals surface area contributed by atoms with Gasteiger partial charge in [0.15, 0.2) is 0 Å². The van der Waals surface area contributed by atoms with Crippen LogP contribution in [0.3, 0.4) is 0 Å². The van der Waals surface area contributed by atoms with Crippen LogP contribution in [0.15, 0.2) is 41.6 Å². The highest BCUT2D eigenvalue weighted by atomic mass is 16.5. The SMILES string of the molecule is COC(=O)CCC/C(=N/O)C(=O)c1ccc2cc(O)ccc2c1. The zero-order valence-corrected chi connectivity index (χ0v) is 12.7. The number of aromatic hydroxyl groups is 1. The van der Waals surface area contributed by atoms with Crippen molar-refractivity contribution in [1.29, 1.82) is 0 Å². The normalized spacial score (nSPS) is 11.4. The van der Waals surface area contributed by atoms with Crippen LogP contribution in [0.2, 0.25) is 0 Å². The number of hydrogen-bond donors (Lipinski definition) is 2. The molecule has 6 heteroatoms. The summed E-state index contributed by atoms with van der Waals surface area (Å²) in [6, 6.07) is 9.83. The van der Waals surface area contributed by atoms with Gasteiger partial charge in [-0.3, -0.25) is 9.59 Å². The van der Waals surface area contributed by atoms with E-state index in [1.807, 2.05) is 0 Å². The molecule has 0 aliphatic rings. The molecule has 0 spiro atoms. The molecule has 23 heavy (non-hydrogen) atoms. The van der Waals surface area contributed by atoms with Gasteiger partial charge in [0.2, 0.25) is 5.78 Å². The Morgan fingerprint density at radius 3 is 2.48 bits per heavy atom. The molecule has 0 aliphatic carbocycles. The molecule has 0 fully saturated rings. The van der Waals surface area contributed by atoms with E-state index in [-0.39, 0.29) is 30.3 Å². The predicted octanol–water partition coefficient (Wildman–Crippen LogP) is 2.90. The van der Waals surface area contributed by atoms with Gasteiger partial charge in [-0.05, 0) is 41.8 Å². The van der Waals surface area contributed by atoms with Crippen molar-refractivity contribution in [2.45, 2.75) is 19.3 Å². The third-order valence-electron chi connectivity index (χ3n) is 3.49. The standard InChI is InChI=1S/C17H17NO5/c1-23-16(20)4-2-3-15(18-22)17(21)13-6-5-12-10-14(19)8-7-11(12)9-13/h5-10,19,22H,2-4H2,1H3/b18-15-. The molecule has 0 unspecified atom stereocenters. The monoisotopic (exact) mass is 315 g/mol. The van der Waals surface area contributed by atoms with Crippen LogP contribution in [0.1, 0.15) is 29.6 Å². The number of phenolic OH excluding ortho intramolecular Hbond substituents is 1. The molecule has 0 saturated heterocycles. The summed E-state index contributed by atoms with van der Waals surface area (Å²) in [6.45, 7) is 0. The van der Waals surface area contributed by atoms with Crippen LogP contribution < -0.4 is 0 Å². The molecule has 2 aromatic carbocycles. The first-order valence-corrected chi connectivity index (χ1v) is 7.10. The number of nitrogens with zero attached hydrogens (tertiary/aromatic N) is 1. The molecule has 0 saturated carbocycles. The van der Waals surface area contributed by atoms with E-state index in [1.54, 1.807) is 30.3 Å². The number of phenols is 1. The summed E-state index contributed by atoms with van der Waals surface area (Å²) >= 11 is 0. The Balaban J connectivity index is 2.14. The van der Waals surface area contributed by atoms with E-state index < -0.39 is 5.78 Å². The lowest BCUT2D eigenvalue weighted by atomic mass is 9.99. The number of ketones is 1. The molecule has 2 rings (SSSR count). The highest BCUT2D eigenvalue weighted by Crippen LogP contribution is 2.21. The molecule has 6 nitrogen and oxygen atoms in total. The van der Waals surface area contributed by atoms with Crippen molar-refractivity contribution in [2.24, 2.45) is 5.16 Å². The van der Waals surface area contributed by atoms with Crippen molar-refractivity contribution < 1.29 is 24.6 Å². The Hall–Kier alpha value is -2.89. The summed E-state index contributed by atoms with van der Waals surface area (Å²) in [6.07, 6.45) is 0.692. The maximum absolute atomic E-state index is 12.4. The van der Waals surface area contributed by atoms with Gasteiger partial charge in [0.1, 0.15) is 11.5 Å². The van der Waals surface area contributed by atoms with E-state index >= 15 is 0 Å². The van der Waals surface area contributed by atoms with Gasteiger partial charge in [-0.15, -0.1) is 0 Å². The lowest BCUT2D eigenvalue weighted by molar-refractivity contribution is -0.140. The summed E-state index contributed by atoms with van der Waals surface area (Å²) in [7, 11) is 1.29. The van der Waals surface area contributed by atoms with Crippen LogP contribution >= 0.6 is 0 Å². The number of ether oxygens (including phenoxy) is 1. The number of hydrogen-bond acceptors (Lipinski definition) is 6. The molecule has 0 atom stereocenters. The molecular formula is C17H17NO5. The van der Waals surface area contributed by atoms with E-state index in [9.17, 15) is 14.7 Å². The Morgan fingerprint density at radius 2 is 1.78 bits per heavy atom. The van der Waals surface area contributed by atoms with Gasteiger partial charge in [0, 0.05) is 12.0 Å². The molecule has 0 aromatic heterocycles. The first kappa shape index (κ1) is 16.5. The zero-order chi connectivity index (χ0) is 16.8. The van der Waals surface area contributed by atoms with E-state index in [2.05, 4.69) is 9.89 Å². The number of rotatable bonds is 6. The average molecular weight is 315 g/mol. The van der Waals surface area contributed by atoms with Crippen molar-refractivity contribution in [3.63, 3.8) is 0 Å². The topological polar surface area (TPSA) is 96.2 Å². The molecule has 0 heterocycles. The van der Waals surface area contributed by atoms with Crippen molar-refractivity contribution in [3.8, 4) is 5.75 Å². The van der Waals surface area contributed by atoms with Crippen LogP contribution in [-0.2, 0) is 9.53 Å². The summed E-state index contributed by atoms with van der Waals surface area (Å²) in [5.74, 6) is -0.621. The number of oxime groups is 1. The van der Waals surface area contributed by atoms with Crippen LogP contribution in [0.5, 0.6) is 5.75 Å². The van der Waals surface area contributed by atoms with Crippen molar-refractivity contribution in [3.05, 3.63) is 42.0 Å². The minimum Gasteiger partial charge on any atom is -0.508 e. The number of benzene rings is 2. The first-order valence-electron chi connectivity index (χ1n) is 7.10. The van der Waals surface area contributed by atoms with Gasteiger partial charge < -0.3 is 15.1 Å². The van der Waals surface area contributed by atoms with Gasteiger partial charge in [-0.1, -0.05) is 23.4 Å². The maximum Gasteiger partial charge on any atom is 0.305 e.